The van der Waals surface area contributed by atoms with Crippen LogP contribution in [0.5, 0.6) is 0 Å². The Bertz CT molecular complexity index is 653. The van der Waals surface area contributed by atoms with E-state index in [2.05, 4.69) is 22.5 Å². The van der Waals surface area contributed by atoms with Gasteiger partial charge in [-0.1, -0.05) is 23.7 Å². The Labute approximate surface area is 130 Å². The smallest absolute Gasteiger partial charge is 0.139 e. The second kappa shape index (κ2) is 5.90. The van der Waals surface area contributed by atoms with Crippen molar-refractivity contribution in [2.75, 3.05) is 17.2 Å². The number of anilines is 3. The van der Waals surface area contributed by atoms with Crippen LogP contribution in [0.2, 0.25) is 5.02 Å². The second-order valence-corrected chi connectivity index (χ2v) is 5.72. The maximum absolute atomic E-state index is 6.22. The third kappa shape index (κ3) is 3.10. The molecular weight excluding hydrogens is 284 g/mol. The van der Waals surface area contributed by atoms with Gasteiger partial charge in [-0.25, -0.2) is 9.97 Å². The van der Waals surface area contributed by atoms with Crippen LogP contribution >= 0.6 is 11.6 Å². The summed E-state index contributed by atoms with van der Waals surface area (Å²) in [6, 6.07) is 7.69. The predicted molar refractivity (Wildman–Crippen MR) is 87.6 cm³/mol. The summed E-state index contributed by atoms with van der Waals surface area (Å²) in [4.78, 5) is 9.35. The maximum atomic E-state index is 6.22. The first-order chi connectivity index (χ1) is 10.2. The van der Waals surface area contributed by atoms with Crippen molar-refractivity contribution in [3.8, 4) is 0 Å². The molecule has 1 saturated carbocycles. The summed E-state index contributed by atoms with van der Waals surface area (Å²) in [6.45, 7) is 4.93. The van der Waals surface area contributed by atoms with Gasteiger partial charge in [0.15, 0.2) is 0 Å². The Morgan fingerprint density at radius 2 is 1.90 bits per heavy atom. The van der Waals surface area contributed by atoms with Crippen LogP contribution < -0.4 is 10.6 Å². The molecule has 0 atom stereocenters. The zero-order valence-electron chi connectivity index (χ0n) is 12.3. The molecule has 3 rings (SSSR count). The van der Waals surface area contributed by atoms with Gasteiger partial charge in [-0.05, 0) is 38.8 Å². The molecule has 1 heterocycles. The highest BCUT2D eigenvalue weighted by atomic mass is 35.5. The van der Waals surface area contributed by atoms with Gasteiger partial charge in [-0.2, -0.15) is 0 Å². The standard InChI is InChI=1S/C16H19ClN4/c1-3-18-14-10(2)15(21-16(20-14)11-8-9-11)19-13-7-5-4-6-12(13)17/h4-7,11H,3,8-9H2,1-2H3,(H2,18,19,20,21). The fourth-order valence-electron chi connectivity index (χ4n) is 2.21. The molecule has 0 amide bonds. The average molecular weight is 303 g/mol. The van der Waals surface area contributed by atoms with Crippen LogP contribution in [-0.2, 0) is 0 Å². The first-order valence-electron chi connectivity index (χ1n) is 7.33. The monoisotopic (exact) mass is 302 g/mol. The zero-order valence-corrected chi connectivity index (χ0v) is 13.0. The Morgan fingerprint density at radius 3 is 2.57 bits per heavy atom. The minimum absolute atomic E-state index is 0.509. The molecule has 0 unspecified atom stereocenters. The number of nitrogens with one attached hydrogen (secondary N) is 2. The van der Waals surface area contributed by atoms with E-state index in [0.717, 1.165) is 35.3 Å². The molecule has 1 aliphatic rings. The Kier molecular flexibility index (Phi) is 3.97. The van der Waals surface area contributed by atoms with Crippen molar-refractivity contribution in [1.29, 1.82) is 0 Å². The van der Waals surface area contributed by atoms with Gasteiger partial charge in [0.25, 0.3) is 0 Å². The van der Waals surface area contributed by atoms with E-state index < -0.39 is 0 Å². The van der Waals surface area contributed by atoms with Gasteiger partial charge >= 0.3 is 0 Å². The van der Waals surface area contributed by atoms with Gasteiger partial charge < -0.3 is 10.6 Å². The highest BCUT2D eigenvalue weighted by Gasteiger charge is 2.28. The summed E-state index contributed by atoms with van der Waals surface area (Å²) >= 11 is 6.22. The lowest BCUT2D eigenvalue weighted by Gasteiger charge is -2.15. The van der Waals surface area contributed by atoms with Crippen LogP contribution in [0.1, 0.15) is 37.1 Å². The molecule has 1 fully saturated rings. The quantitative estimate of drug-likeness (QED) is 0.854. The highest BCUT2D eigenvalue weighted by Crippen LogP contribution is 2.40. The molecule has 21 heavy (non-hydrogen) atoms. The molecule has 0 bridgehead atoms. The molecule has 1 aromatic heterocycles. The van der Waals surface area contributed by atoms with Crippen molar-refractivity contribution in [3.05, 3.63) is 40.7 Å². The van der Waals surface area contributed by atoms with Crippen molar-refractivity contribution in [3.63, 3.8) is 0 Å². The fraction of sp³-hybridized carbons (Fsp3) is 0.375. The van der Waals surface area contributed by atoms with Gasteiger partial charge in [0.05, 0.1) is 10.7 Å². The predicted octanol–water partition coefficient (Wildman–Crippen LogP) is 4.49. The van der Waals surface area contributed by atoms with Gasteiger partial charge in [-0.15, -0.1) is 0 Å². The van der Waals surface area contributed by atoms with Crippen molar-refractivity contribution >= 4 is 28.9 Å². The van der Waals surface area contributed by atoms with Crippen molar-refractivity contribution in [1.82, 2.24) is 9.97 Å². The first-order valence-corrected chi connectivity index (χ1v) is 7.70. The lowest BCUT2D eigenvalue weighted by molar-refractivity contribution is 0.918. The van der Waals surface area contributed by atoms with E-state index in [0.29, 0.717) is 10.9 Å². The maximum Gasteiger partial charge on any atom is 0.139 e. The summed E-state index contributed by atoms with van der Waals surface area (Å²) < 4.78 is 0. The van der Waals surface area contributed by atoms with Gasteiger partial charge in [-0.3, -0.25) is 0 Å². The molecule has 1 aliphatic carbocycles. The van der Waals surface area contributed by atoms with Gasteiger partial charge in [0.2, 0.25) is 0 Å². The molecule has 1 aromatic carbocycles. The largest absolute Gasteiger partial charge is 0.370 e. The normalized spacial score (nSPS) is 14.0. The van der Waals surface area contributed by atoms with E-state index in [-0.39, 0.29) is 0 Å². The number of aromatic nitrogens is 2. The van der Waals surface area contributed by atoms with Crippen LogP contribution in [0.4, 0.5) is 17.3 Å². The number of hydrogen-bond donors (Lipinski definition) is 2. The lowest BCUT2D eigenvalue weighted by atomic mass is 10.2. The fourth-order valence-corrected chi connectivity index (χ4v) is 2.39. The van der Waals surface area contributed by atoms with Crippen LogP contribution in [0.3, 0.4) is 0 Å². The molecular formula is C16H19ClN4. The molecule has 0 aliphatic heterocycles. The van der Waals surface area contributed by atoms with Crippen LogP contribution in [0, 0.1) is 6.92 Å². The number of benzene rings is 1. The van der Waals surface area contributed by atoms with Crippen molar-refractivity contribution < 1.29 is 0 Å². The number of rotatable bonds is 5. The summed E-state index contributed by atoms with van der Waals surface area (Å²) in [5, 5.41) is 7.34. The van der Waals surface area contributed by atoms with E-state index >= 15 is 0 Å². The van der Waals surface area contributed by atoms with E-state index in [4.69, 9.17) is 16.6 Å². The number of hydrogen-bond acceptors (Lipinski definition) is 4. The topological polar surface area (TPSA) is 49.8 Å². The van der Waals surface area contributed by atoms with E-state index in [1.807, 2.05) is 31.2 Å². The third-order valence-corrected chi connectivity index (χ3v) is 3.91. The molecule has 0 radical (unpaired) electrons. The van der Waals surface area contributed by atoms with Gasteiger partial charge in [0.1, 0.15) is 17.5 Å². The molecule has 2 N–H and O–H groups in total. The van der Waals surface area contributed by atoms with Crippen molar-refractivity contribution in [2.45, 2.75) is 32.6 Å². The Hall–Kier alpha value is -1.81. The zero-order chi connectivity index (χ0) is 14.8. The van der Waals surface area contributed by atoms with E-state index in [9.17, 15) is 0 Å². The van der Waals surface area contributed by atoms with E-state index in [1.54, 1.807) is 0 Å². The SMILES string of the molecule is CCNc1nc(C2CC2)nc(Nc2ccccc2Cl)c1C. The summed E-state index contributed by atoms with van der Waals surface area (Å²) in [5.74, 6) is 3.17. The number of nitrogens with zero attached hydrogens (tertiary/aromatic N) is 2. The van der Waals surface area contributed by atoms with Crippen LogP contribution in [-0.4, -0.2) is 16.5 Å². The first kappa shape index (κ1) is 14.1. The second-order valence-electron chi connectivity index (χ2n) is 5.31. The Balaban J connectivity index is 1.98. The average Bonchev–Trinajstić information content (AvgIpc) is 3.30. The minimum atomic E-state index is 0.509. The number of para-hydroxylation sites is 1. The molecule has 110 valence electrons. The molecule has 0 saturated heterocycles. The summed E-state index contributed by atoms with van der Waals surface area (Å²) in [7, 11) is 0. The highest BCUT2D eigenvalue weighted by molar-refractivity contribution is 6.33. The molecule has 2 aromatic rings. The summed E-state index contributed by atoms with van der Waals surface area (Å²) in [6.07, 6.45) is 2.36. The van der Waals surface area contributed by atoms with Crippen molar-refractivity contribution in [2.24, 2.45) is 0 Å². The third-order valence-electron chi connectivity index (χ3n) is 3.58. The molecule has 5 heteroatoms. The molecule has 4 nitrogen and oxygen atoms in total. The summed E-state index contributed by atoms with van der Waals surface area (Å²) in [5.41, 5.74) is 1.88. The Morgan fingerprint density at radius 1 is 1.19 bits per heavy atom. The van der Waals surface area contributed by atoms with Crippen LogP contribution in [0.25, 0.3) is 0 Å². The van der Waals surface area contributed by atoms with Gasteiger partial charge in [0, 0.05) is 18.0 Å². The molecule has 0 spiro atoms. The number of halogens is 1. The van der Waals surface area contributed by atoms with Crippen LogP contribution in [0.15, 0.2) is 24.3 Å². The lowest BCUT2D eigenvalue weighted by Crippen LogP contribution is -2.09. The van der Waals surface area contributed by atoms with E-state index in [1.165, 1.54) is 12.8 Å². The minimum Gasteiger partial charge on any atom is -0.370 e.